The zero-order chi connectivity index (χ0) is 15.6. The second-order valence-electron chi connectivity index (χ2n) is 5.83. The summed E-state index contributed by atoms with van der Waals surface area (Å²) in [5.74, 6) is -3.80. The van der Waals surface area contributed by atoms with Gasteiger partial charge in [-0.05, 0) is 19.3 Å². The van der Waals surface area contributed by atoms with Crippen LogP contribution in [0.3, 0.4) is 0 Å². The molecule has 4 nitrogen and oxygen atoms in total. The Balaban J connectivity index is 2.03. The summed E-state index contributed by atoms with van der Waals surface area (Å²) in [4.78, 5) is 25.2. The van der Waals surface area contributed by atoms with Crippen molar-refractivity contribution in [2.24, 2.45) is 17.8 Å². The minimum atomic E-state index is -4.33. The number of alkyl halides is 3. The fourth-order valence-corrected chi connectivity index (χ4v) is 3.37. The van der Waals surface area contributed by atoms with Gasteiger partial charge >= 0.3 is 12.1 Å². The number of ether oxygens (including phenoxy) is 1. The van der Waals surface area contributed by atoms with Crippen LogP contribution in [0, 0.1) is 17.8 Å². The van der Waals surface area contributed by atoms with Gasteiger partial charge in [0.1, 0.15) is 0 Å². The van der Waals surface area contributed by atoms with Gasteiger partial charge in [-0.1, -0.05) is 12.8 Å². The predicted octanol–water partition coefficient (Wildman–Crippen LogP) is 2.38. The highest BCUT2D eigenvalue weighted by Gasteiger charge is 2.49. The minimum absolute atomic E-state index is 0.0220. The number of likely N-dealkylation sites (tertiary alicyclic amines) is 1. The Hall–Kier alpha value is -1.27. The molecule has 0 aromatic heterocycles. The first-order valence-corrected chi connectivity index (χ1v) is 7.28. The maximum atomic E-state index is 13.1. The van der Waals surface area contributed by atoms with Crippen molar-refractivity contribution in [2.75, 3.05) is 20.2 Å². The molecular formula is C14H20F3NO3. The van der Waals surface area contributed by atoms with Gasteiger partial charge in [0.2, 0.25) is 5.91 Å². The molecule has 120 valence electrons. The van der Waals surface area contributed by atoms with Gasteiger partial charge in [0, 0.05) is 19.0 Å². The molecule has 1 saturated heterocycles. The lowest BCUT2D eigenvalue weighted by Gasteiger charge is -2.34. The van der Waals surface area contributed by atoms with Crippen LogP contribution in [0.25, 0.3) is 0 Å². The van der Waals surface area contributed by atoms with Crippen molar-refractivity contribution in [1.29, 1.82) is 0 Å². The van der Waals surface area contributed by atoms with Crippen molar-refractivity contribution < 1.29 is 27.5 Å². The van der Waals surface area contributed by atoms with Gasteiger partial charge < -0.3 is 9.64 Å². The van der Waals surface area contributed by atoms with Crippen molar-refractivity contribution in [3.05, 3.63) is 0 Å². The number of carbonyl (C=O) groups excluding carboxylic acids is 2. The second-order valence-corrected chi connectivity index (χ2v) is 5.83. The molecule has 0 N–H and O–H groups in total. The summed E-state index contributed by atoms with van der Waals surface area (Å²) in [6, 6.07) is 0. The number of hydrogen-bond donors (Lipinski definition) is 0. The van der Waals surface area contributed by atoms with Crippen LogP contribution >= 0.6 is 0 Å². The van der Waals surface area contributed by atoms with Crippen LogP contribution in [0.4, 0.5) is 13.2 Å². The normalized spacial score (nSPS) is 30.3. The van der Waals surface area contributed by atoms with E-state index in [1.165, 1.54) is 12.0 Å². The number of amides is 1. The van der Waals surface area contributed by atoms with Crippen molar-refractivity contribution in [3.8, 4) is 0 Å². The third-order valence-electron chi connectivity index (χ3n) is 4.54. The van der Waals surface area contributed by atoms with Gasteiger partial charge in [-0.3, -0.25) is 9.59 Å². The summed E-state index contributed by atoms with van der Waals surface area (Å²) in [6.45, 7) is 0.506. The SMILES string of the molecule is COC(=O)C1CCN(C(=O)C2CCCCC2C(F)(F)F)C1. The molecule has 7 heteroatoms. The van der Waals surface area contributed by atoms with Gasteiger partial charge in [-0.25, -0.2) is 0 Å². The minimum Gasteiger partial charge on any atom is -0.469 e. The van der Waals surface area contributed by atoms with Crippen LogP contribution < -0.4 is 0 Å². The molecule has 2 aliphatic rings. The third kappa shape index (κ3) is 3.49. The van der Waals surface area contributed by atoms with Crippen molar-refractivity contribution in [3.63, 3.8) is 0 Å². The molecule has 1 aliphatic heterocycles. The lowest BCUT2D eigenvalue weighted by Crippen LogP contribution is -2.44. The second kappa shape index (κ2) is 6.23. The molecule has 21 heavy (non-hydrogen) atoms. The third-order valence-corrected chi connectivity index (χ3v) is 4.54. The molecular weight excluding hydrogens is 287 g/mol. The van der Waals surface area contributed by atoms with Crippen molar-refractivity contribution in [1.82, 2.24) is 4.90 Å². The van der Waals surface area contributed by atoms with E-state index in [1.807, 2.05) is 0 Å². The molecule has 0 spiro atoms. The molecule has 1 aliphatic carbocycles. The highest BCUT2D eigenvalue weighted by atomic mass is 19.4. The molecule has 3 unspecified atom stereocenters. The Morgan fingerprint density at radius 1 is 1.14 bits per heavy atom. The number of carbonyl (C=O) groups is 2. The largest absolute Gasteiger partial charge is 0.469 e. The van der Waals surface area contributed by atoms with E-state index < -0.39 is 35.8 Å². The first-order valence-electron chi connectivity index (χ1n) is 7.28. The van der Waals surface area contributed by atoms with Gasteiger partial charge in [0.15, 0.2) is 0 Å². The van der Waals surface area contributed by atoms with Crippen LogP contribution in [-0.4, -0.2) is 43.2 Å². The lowest BCUT2D eigenvalue weighted by atomic mass is 9.78. The maximum absolute atomic E-state index is 13.1. The van der Waals surface area contributed by atoms with E-state index in [4.69, 9.17) is 0 Å². The quantitative estimate of drug-likeness (QED) is 0.736. The first kappa shape index (κ1) is 16.1. The summed E-state index contributed by atoms with van der Waals surface area (Å²) >= 11 is 0. The average molecular weight is 307 g/mol. The van der Waals surface area contributed by atoms with Crippen LogP contribution in [-0.2, 0) is 14.3 Å². The Bertz CT molecular complexity index is 411. The Morgan fingerprint density at radius 3 is 2.43 bits per heavy atom. The zero-order valence-corrected chi connectivity index (χ0v) is 12.0. The lowest BCUT2D eigenvalue weighted by molar-refractivity contribution is -0.200. The van der Waals surface area contributed by atoms with Gasteiger partial charge in [0.05, 0.1) is 18.9 Å². The van der Waals surface area contributed by atoms with Gasteiger partial charge in [0.25, 0.3) is 0 Å². The Morgan fingerprint density at radius 2 is 1.81 bits per heavy atom. The van der Waals surface area contributed by atoms with E-state index in [9.17, 15) is 22.8 Å². The molecule has 3 atom stereocenters. The molecule has 1 amide bonds. The molecule has 0 aromatic carbocycles. The van der Waals surface area contributed by atoms with Gasteiger partial charge in [-0.15, -0.1) is 0 Å². The predicted molar refractivity (Wildman–Crippen MR) is 68.2 cm³/mol. The number of nitrogens with zero attached hydrogens (tertiary/aromatic N) is 1. The standard InChI is InChI=1S/C14H20F3NO3/c1-21-13(20)9-6-7-18(8-9)12(19)10-4-2-3-5-11(10)14(15,16)17/h9-11H,2-8H2,1H3. The molecule has 2 rings (SSSR count). The average Bonchev–Trinajstić information content (AvgIpc) is 2.94. The van der Waals surface area contributed by atoms with E-state index in [0.29, 0.717) is 25.8 Å². The molecule has 1 heterocycles. The number of esters is 1. The number of halogens is 3. The summed E-state index contributed by atoms with van der Waals surface area (Å²) < 4.78 is 43.8. The van der Waals surface area contributed by atoms with E-state index in [1.54, 1.807) is 0 Å². The van der Waals surface area contributed by atoms with Crippen molar-refractivity contribution >= 4 is 11.9 Å². The highest BCUT2D eigenvalue weighted by Crippen LogP contribution is 2.42. The molecule has 0 radical (unpaired) electrons. The van der Waals surface area contributed by atoms with E-state index >= 15 is 0 Å². The van der Waals surface area contributed by atoms with Gasteiger partial charge in [-0.2, -0.15) is 13.2 Å². The monoisotopic (exact) mass is 307 g/mol. The summed E-state index contributed by atoms with van der Waals surface area (Å²) in [6.07, 6.45) is -2.41. The summed E-state index contributed by atoms with van der Waals surface area (Å²) in [5.41, 5.74) is 0. The number of rotatable bonds is 2. The summed E-state index contributed by atoms with van der Waals surface area (Å²) in [5, 5.41) is 0. The summed E-state index contributed by atoms with van der Waals surface area (Å²) in [7, 11) is 1.27. The fourth-order valence-electron chi connectivity index (χ4n) is 3.37. The number of methoxy groups -OCH3 is 1. The van der Waals surface area contributed by atoms with Crippen LogP contribution in [0.15, 0.2) is 0 Å². The van der Waals surface area contributed by atoms with Crippen molar-refractivity contribution in [2.45, 2.75) is 38.3 Å². The van der Waals surface area contributed by atoms with Crippen LogP contribution in [0.5, 0.6) is 0 Å². The molecule has 0 bridgehead atoms. The fraction of sp³-hybridized carbons (Fsp3) is 0.857. The topological polar surface area (TPSA) is 46.6 Å². The van der Waals surface area contributed by atoms with Crippen LogP contribution in [0.1, 0.15) is 32.1 Å². The first-order chi connectivity index (χ1) is 9.84. The molecule has 2 fully saturated rings. The maximum Gasteiger partial charge on any atom is 0.392 e. The van der Waals surface area contributed by atoms with E-state index in [0.717, 1.165) is 0 Å². The van der Waals surface area contributed by atoms with E-state index in [-0.39, 0.29) is 19.4 Å². The zero-order valence-electron chi connectivity index (χ0n) is 12.0. The Kier molecular flexibility index (Phi) is 4.78. The Labute approximate surface area is 121 Å². The van der Waals surface area contributed by atoms with Crippen LogP contribution in [0.2, 0.25) is 0 Å². The van der Waals surface area contributed by atoms with E-state index in [2.05, 4.69) is 4.74 Å². The smallest absolute Gasteiger partial charge is 0.392 e. The highest BCUT2D eigenvalue weighted by molar-refractivity contribution is 5.81. The molecule has 0 aromatic rings. The molecule has 1 saturated carbocycles. The number of hydrogen-bond acceptors (Lipinski definition) is 3.